The van der Waals surface area contributed by atoms with Crippen LogP contribution in [0, 0.1) is 0 Å². The minimum Gasteiger partial charge on any atom is -0.135 e. The van der Waals surface area contributed by atoms with Gasteiger partial charge < -0.3 is 0 Å². The molecular weight excluding hydrogens is 432 g/mol. The molecule has 0 saturated heterocycles. The summed E-state index contributed by atoms with van der Waals surface area (Å²) in [5.41, 5.74) is 8.23. The lowest BCUT2D eigenvalue weighted by atomic mass is 9.67. The third kappa shape index (κ3) is 2.16. The lowest BCUT2D eigenvalue weighted by Crippen LogP contribution is -2.48. The number of hydrogen-bond acceptors (Lipinski definition) is 1. The Labute approximate surface area is 199 Å². The Kier molecular flexibility index (Phi) is 3.45. The summed E-state index contributed by atoms with van der Waals surface area (Å²) in [5, 5.41) is 5.72. The summed E-state index contributed by atoms with van der Waals surface area (Å²) < 4.78 is 2.77. The second-order valence-corrected chi connectivity index (χ2v) is 11.4. The van der Waals surface area contributed by atoms with Gasteiger partial charge in [0.25, 0.3) is 0 Å². The number of rotatable bonds is 0. The van der Waals surface area contributed by atoms with Crippen molar-refractivity contribution in [1.82, 2.24) is 0 Å². The van der Waals surface area contributed by atoms with Gasteiger partial charge in [-0.05, 0) is 51.6 Å². The maximum absolute atomic E-state index is 2.53. The van der Waals surface area contributed by atoms with Gasteiger partial charge >= 0.3 is 0 Å². The molecule has 0 atom stereocenters. The van der Waals surface area contributed by atoms with Crippen LogP contribution in [0.1, 0.15) is 22.3 Å². The summed E-state index contributed by atoms with van der Waals surface area (Å²) in [4.78, 5) is 0. The molecule has 1 spiro atoms. The van der Waals surface area contributed by atoms with Gasteiger partial charge in [0.2, 0.25) is 0 Å². The molecule has 8 rings (SSSR count). The highest BCUT2D eigenvalue weighted by Crippen LogP contribution is 2.56. The first-order valence-corrected chi connectivity index (χ1v) is 13.2. The van der Waals surface area contributed by atoms with Crippen molar-refractivity contribution >= 4 is 51.4 Å². The van der Waals surface area contributed by atoms with Crippen LogP contribution in [-0.2, 0) is 5.41 Å². The standard InChI is InChI=1S/C31H18SSi/c1-4-12-23-19(9-1)20-10-2-5-13-24(20)31(23)25-14-6-8-16-29(25)33-30-18-28-22(17-26(30)31)21-11-3-7-15-27(21)32-28/h1-18H. The first-order chi connectivity index (χ1) is 16.4. The number of hydrogen-bond donors (Lipinski definition) is 0. The summed E-state index contributed by atoms with van der Waals surface area (Å²) in [5.74, 6) is 0. The summed E-state index contributed by atoms with van der Waals surface area (Å²) in [6.07, 6.45) is 0. The first-order valence-electron chi connectivity index (χ1n) is 11.4. The maximum atomic E-state index is 2.53. The van der Waals surface area contributed by atoms with E-state index in [1.807, 2.05) is 11.3 Å². The monoisotopic (exact) mass is 450 g/mol. The van der Waals surface area contributed by atoms with E-state index in [9.17, 15) is 0 Å². The number of fused-ring (bicyclic) bond motifs is 12. The Morgan fingerprint density at radius 2 is 1.12 bits per heavy atom. The zero-order valence-corrected chi connectivity index (χ0v) is 19.6. The van der Waals surface area contributed by atoms with E-state index in [1.165, 1.54) is 63.9 Å². The second-order valence-electron chi connectivity index (χ2n) is 9.00. The van der Waals surface area contributed by atoms with Gasteiger partial charge in [0.15, 0.2) is 0 Å². The molecule has 1 aliphatic heterocycles. The topological polar surface area (TPSA) is 0 Å². The van der Waals surface area contributed by atoms with Gasteiger partial charge in [-0.3, -0.25) is 0 Å². The fraction of sp³-hybridized carbons (Fsp3) is 0.0323. The van der Waals surface area contributed by atoms with Gasteiger partial charge in [0, 0.05) is 20.2 Å². The SMILES string of the molecule is c1ccc2c(c1)[Si]c1cc3sc4ccccc4c3cc1C21c2ccccc2-c2ccccc21. The smallest absolute Gasteiger partial charge is 0.122 e. The Morgan fingerprint density at radius 1 is 0.485 bits per heavy atom. The van der Waals surface area contributed by atoms with Crippen molar-refractivity contribution in [2.24, 2.45) is 0 Å². The van der Waals surface area contributed by atoms with E-state index < -0.39 is 0 Å². The van der Waals surface area contributed by atoms with E-state index in [1.54, 1.807) is 0 Å². The van der Waals surface area contributed by atoms with Crippen molar-refractivity contribution in [3.8, 4) is 11.1 Å². The Hall–Kier alpha value is -3.46. The van der Waals surface area contributed by atoms with Crippen LogP contribution in [0.4, 0.5) is 0 Å². The van der Waals surface area contributed by atoms with Crippen LogP contribution in [0.25, 0.3) is 31.3 Å². The van der Waals surface area contributed by atoms with Gasteiger partial charge in [-0.1, -0.05) is 101 Å². The second kappa shape index (κ2) is 6.32. The Balaban J connectivity index is 1.60. The predicted octanol–water partition coefficient (Wildman–Crippen LogP) is 6.39. The molecule has 0 nitrogen and oxygen atoms in total. The van der Waals surface area contributed by atoms with Gasteiger partial charge in [-0.2, -0.15) is 0 Å². The molecule has 0 bridgehead atoms. The van der Waals surface area contributed by atoms with Crippen LogP contribution in [0.5, 0.6) is 0 Å². The van der Waals surface area contributed by atoms with Crippen LogP contribution >= 0.6 is 11.3 Å². The van der Waals surface area contributed by atoms with Crippen molar-refractivity contribution in [3.05, 3.63) is 131 Å². The lowest BCUT2D eigenvalue weighted by Gasteiger charge is -2.40. The van der Waals surface area contributed by atoms with Gasteiger partial charge in [0.1, 0.15) is 9.52 Å². The number of thiophene rings is 1. The van der Waals surface area contributed by atoms with E-state index in [2.05, 4.69) is 109 Å². The predicted molar refractivity (Wildman–Crippen MR) is 142 cm³/mol. The average molecular weight is 451 g/mol. The van der Waals surface area contributed by atoms with Crippen molar-refractivity contribution in [1.29, 1.82) is 0 Å². The average Bonchev–Trinajstić information content (AvgIpc) is 3.37. The molecule has 5 aromatic carbocycles. The first kappa shape index (κ1) is 18.0. The molecule has 1 aliphatic carbocycles. The van der Waals surface area contributed by atoms with Gasteiger partial charge in [-0.15, -0.1) is 11.3 Å². The Morgan fingerprint density at radius 3 is 1.91 bits per heavy atom. The number of benzene rings is 5. The van der Waals surface area contributed by atoms with Gasteiger partial charge in [-0.25, -0.2) is 0 Å². The summed E-state index contributed by atoms with van der Waals surface area (Å²) in [6, 6.07) is 41.2. The summed E-state index contributed by atoms with van der Waals surface area (Å²) in [6.45, 7) is 0. The lowest BCUT2D eigenvalue weighted by molar-refractivity contribution is 0.777. The van der Waals surface area contributed by atoms with E-state index in [0.717, 1.165) is 0 Å². The quantitative estimate of drug-likeness (QED) is 0.235. The van der Waals surface area contributed by atoms with Crippen LogP contribution in [0.15, 0.2) is 109 Å². The Bertz CT molecular complexity index is 1710. The van der Waals surface area contributed by atoms with Crippen LogP contribution in [0.2, 0.25) is 0 Å². The summed E-state index contributed by atoms with van der Waals surface area (Å²) >= 11 is 1.92. The minimum atomic E-state index is -0.262. The molecule has 0 saturated carbocycles. The van der Waals surface area contributed by atoms with Crippen LogP contribution in [0.3, 0.4) is 0 Å². The zero-order chi connectivity index (χ0) is 21.6. The molecule has 0 unspecified atom stereocenters. The minimum absolute atomic E-state index is 0.262. The fourth-order valence-corrected chi connectivity index (χ4v) is 8.93. The molecule has 6 aromatic rings. The molecule has 33 heavy (non-hydrogen) atoms. The molecule has 152 valence electrons. The molecule has 2 heteroatoms. The molecule has 0 amide bonds. The van der Waals surface area contributed by atoms with E-state index >= 15 is 0 Å². The van der Waals surface area contributed by atoms with Crippen molar-refractivity contribution in [2.75, 3.05) is 0 Å². The molecule has 0 fully saturated rings. The third-order valence-electron chi connectivity index (χ3n) is 7.47. The van der Waals surface area contributed by atoms with Gasteiger partial charge in [0.05, 0.1) is 5.41 Å². The van der Waals surface area contributed by atoms with Crippen molar-refractivity contribution in [2.45, 2.75) is 5.41 Å². The fourth-order valence-electron chi connectivity index (χ4n) is 6.21. The van der Waals surface area contributed by atoms with Crippen LogP contribution < -0.4 is 10.4 Å². The van der Waals surface area contributed by atoms with Crippen LogP contribution in [-0.4, -0.2) is 9.52 Å². The highest BCUT2D eigenvalue weighted by atomic mass is 32.1. The molecule has 2 heterocycles. The largest absolute Gasteiger partial charge is 0.135 e. The highest BCUT2D eigenvalue weighted by molar-refractivity contribution is 7.25. The van der Waals surface area contributed by atoms with E-state index in [0.29, 0.717) is 9.52 Å². The molecule has 1 aromatic heterocycles. The van der Waals surface area contributed by atoms with E-state index in [4.69, 9.17) is 0 Å². The van der Waals surface area contributed by atoms with E-state index in [-0.39, 0.29) is 5.41 Å². The molecule has 2 radical (unpaired) electrons. The zero-order valence-electron chi connectivity index (χ0n) is 17.8. The maximum Gasteiger partial charge on any atom is 0.122 e. The molecular formula is C31H18SSi. The molecule has 0 N–H and O–H groups in total. The third-order valence-corrected chi connectivity index (χ3v) is 10.00. The molecule has 2 aliphatic rings. The van der Waals surface area contributed by atoms with Crippen molar-refractivity contribution < 1.29 is 0 Å². The summed E-state index contributed by atoms with van der Waals surface area (Å²) in [7, 11) is 0.676. The highest BCUT2D eigenvalue weighted by Gasteiger charge is 2.49. The van der Waals surface area contributed by atoms with Crippen molar-refractivity contribution in [3.63, 3.8) is 0 Å². The normalized spacial score (nSPS) is 14.8.